The highest BCUT2D eigenvalue weighted by molar-refractivity contribution is 6.30. The lowest BCUT2D eigenvalue weighted by atomic mass is 9.76. The first-order chi connectivity index (χ1) is 38.1. The molecule has 1 aliphatic heterocycles. The van der Waals surface area contributed by atoms with Crippen LogP contribution in [0, 0.1) is 0 Å². The summed E-state index contributed by atoms with van der Waals surface area (Å²) >= 11 is 0. The lowest BCUT2D eigenvalue weighted by Gasteiger charge is -2.43. The van der Waals surface area contributed by atoms with Crippen molar-refractivity contribution in [3.05, 3.63) is 222 Å². The molecule has 6 nitrogen and oxygen atoms in total. The van der Waals surface area contributed by atoms with E-state index < -0.39 is 5.54 Å². The van der Waals surface area contributed by atoms with Crippen molar-refractivity contribution >= 4 is 122 Å². The van der Waals surface area contributed by atoms with Gasteiger partial charge in [0.25, 0.3) is 0 Å². The molecule has 0 radical (unpaired) electrons. The molecule has 378 valence electrons. The Kier molecular flexibility index (Phi) is 9.43. The minimum atomic E-state index is -0.699. The summed E-state index contributed by atoms with van der Waals surface area (Å²) in [7, 11) is 0. The minimum Gasteiger partial charge on any atom is -0.483 e. The average Bonchev–Trinajstić information content (AvgIpc) is 4.35. The van der Waals surface area contributed by atoms with Crippen LogP contribution in [0.15, 0.2) is 207 Å². The molecule has 10 aromatic carbocycles. The molecule has 3 unspecified atom stereocenters. The Morgan fingerprint density at radius 2 is 1.03 bits per heavy atom. The van der Waals surface area contributed by atoms with Gasteiger partial charge in [-0.05, 0) is 119 Å². The second-order valence-electron chi connectivity index (χ2n) is 23.0. The first-order valence-corrected chi connectivity index (χ1v) is 27.6. The number of hydrogen-bond donors (Lipinski definition) is 0. The van der Waals surface area contributed by atoms with Crippen molar-refractivity contribution in [3.8, 4) is 5.75 Å². The predicted octanol–water partition coefficient (Wildman–Crippen LogP) is 20.5. The predicted molar refractivity (Wildman–Crippen MR) is 323 cm³/mol. The van der Waals surface area contributed by atoms with Gasteiger partial charge in [0.15, 0.2) is 11.2 Å². The number of allylic oxidation sites excluding steroid dienone is 2. The van der Waals surface area contributed by atoms with E-state index in [9.17, 15) is 0 Å². The van der Waals surface area contributed by atoms with Crippen LogP contribution in [0.4, 0.5) is 28.4 Å². The molecule has 0 N–H and O–H groups in total. The van der Waals surface area contributed by atoms with Crippen LogP contribution in [0.3, 0.4) is 0 Å². The third-order valence-electron chi connectivity index (χ3n) is 17.8. The molecule has 6 heteroatoms. The third kappa shape index (κ3) is 6.09. The summed E-state index contributed by atoms with van der Waals surface area (Å²) in [5, 5.41) is 12.7. The maximum Gasteiger partial charge on any atom is 0.159 e. The number of nitrogens with zero attached hydrogens (tertiary/aromatic N) is 2. The summed E-state index contributed by atoms with van der Waals surface area (Å²) in [5.74, 6) is 2.18. The SMILES string of the molecule is CC(C)c1cc(N(c2cccc3c2OC2C=CC=CC32C)c2cccc3c2oc2ccccc23)c2ccc3c(C(C)C)cc(N(c4cccc5c4oc4ccccc45)C4(C)CC=Cc5c4oc4ccccc54)c4ccc1c2c34. The van der Waals surface area contributed by atoms with E-state index in [1.165, 1.54) is 38.2 Å². The van der Waals surface area contributed by atoms with Gasteiger partial charge >= 0.3 is 0 Å². The summed E-state index contributed by atoms with van der Waals surface area (Å²) < 4.78 is 28.4. The average molecular weight is 1010 g/mol. The summed E-state index contributed by atoms with van der Waals surface area (Å²) in [5.41, 5.74) is 13.1. The standard InChI is InChI=1S/C72H56N2O4/c1-41(2)53-39-59(73(56-26-15-22-48-43-19-7-10-29-61(43)75-67(48)56)57-27-17-25-55-69(57)78-64-32-13-14-37-71(55,64)5)51-35-33-47-54(42(3)4)40-60(52-36-34-46(53)65(51)66(47)52)74(58-28-16-23-49-44-20-8-11-30-62(44)76-68(49)58)72(6)38-18-24-50-45-21-9-12-31-63(45)77-70(50)72/h7-37,39-42,64H,38H2,1-6H3. The van der Waals surface area contributed by atoms with Gasteiger partial charge in [-0.15, -0.1) is 0 Å². The molecule has 0 amide bonds. The van der Waals surface area contributed by atoms with Crippen molar-refractivity contribution in [2.45, 2.75) is 76.9 Å². The molecular formula is C72H56N2O4. The van der Waals surface area contributed by atoms with Gasteiger partial charge in [-0.25, -0.2) is 0 Å². The molecule has 2 aliphatic carbocycles. The van der Waals surface area contributed by atoms with Gasteiger partial charge in [0.2, 0.25) is 0 Å². The third-order valence-corrected chi connectivity index (χ3v) is 17.8. The van der Waals surface area contributed by atoms with E-state index in [2.05, 4.69) is 252 Å². The topological polar surface area (TPSA) is 55.1 Å². The zero-order chi connectivity index (χ0) is 52.3. The molecule has 3 aromatic heterocycles. The highest BCUT2D eigenvalue weighted by Gasteiger charge is 2.46. The fraction of sp³-hybridized carbons (Fsp3) is 0.167. The molecular weight excluding hydrogens is 957 g/mol. The molecule has 78 heavy (non-hydrogen) atoms. The number of rotatable bonds is 8. The molecule has 0 spiro atoms. The smallest absolute Gasteiger partial charge is 0.159 e. The van der Waals surface area contributed by atoms with Gasteiger partial charge in [-0.3, -0.25) is 0 Å². The van der Waals surface area contributed by atoms with E-state index in [1.54, 1.807) is 0 Å². The van der Waals surface area contributed by atoms with Crippen LogP contribution in [0.2, 0.25) is 0 Å². The van der Waals surface area contributed by atoms with Crippen LogP contribution in [-0.4, -0.2) is 6.10 Å². The van der Waals surface area contributed by atoms with Crippen molar-refractivity contribution in [2.24, 2.45) is 0 Å². The van der Waals surface area contributed by atoms with Gasteiger partial charge < -0.3 is 27.8 Å². The molecule has 0 saturated carbocycles. The number of hydrogen-bond acceptors (Lipinski definition) is 6. The maximum absolute atomic E-state index is 7.19. The fourth-order valence-electron chi connectivity index (χ4n) is 14.0. The van der Waals surface area contributed by atoms with Crippen LogP contribution in [0.5, 0.6) is 5.75 Å². The zero-order valence-corrected chi connectivity index (χ0v) is 44.5. The summed E-state index contributed by atoms with van der Waals surface area (Å²) in [6.45, 7) is 14.0. The van der Waals surface area contributed by atoms with Gasteiger partial charge in [0.1, 0.15) is 39.9 Å². The highest BCUT2D eigenvalue weighted by Crippen LogP contribution is 2.58. The first-order valence-electron chi connectivity index (χ1n) is 27.6. The van der Waals surface area contributed by atoms with Gasteiger partial charge in [0.05, 0.1) is 33.9 Å². The first kappa shape index (κ1) is 45.2. The van der Waals surface area contributed by atoms with Crippen LogP contribution >= 0.6 is 0 Å². The Morgan fingerprint density at radius 3 is 1.69 bits per heavy atom. The molecule has 0 fully saturated rings. The second kappa shape index (κ2) is 16.3. The van der Waals surface area contributed by atoms with Crippen molar-refractivity contribution < 1.29 is 18.0 Å². The Balaban J connectivity index is 1.03. The van der Waals surface area contributed by atoms with E-state index in [-0.39, 0.29) is 23.4 Å². The van der Waals surface area contributed by atoms with Crippen molar-refractivity contribution in [1.29, 1.82) is 0 Å². The summed E-state index contributed by atoms with van der Waals surface area (Å²) in [6.07, 6.45) is 13.9. The molecule has 4 heterocycles. The van der Waals surface area contributed by atoms with Gasteiger partial charge in [0, 0.05) is 48.8 Å². The Morgan fingerprint density at radius 1 is 0.487 bits per heavy atom. The van der Waals surface area contributed by atoms with Crippen LogP contribution < -0.4 is 14.5 Å². The lowest BCUT2D eigenvalue weighted by molar-refractivity contribution is 0.228. The van der Waals surface area contributed by atoms with E-state index in [1.807, 2.05) is 0 Å². The molecule has 3 aliphatic rings. The van der Waals surface area contributed by atoms with Crippen LogP contribution in [0.1, 0.15) is 87.8 Å². The number of furan rings is 3. The maximum atomic E-state index is 7.19. The number of anilines is 5. The lowest BCUT2D eigenvalue weighted by Crippen LogP contribution is -2.42. The Bertz CT molecular complexity index is 4770. The van der Waals surface area contributed by atoms with Crippen LogP contribution in [0.25, 0.3) is 93.2 Å². The molecule has 0 bridgehead atoms. The quantitative estimate of drug-likeness (QED) is 0.141. The van der Waals surface area contributed by atoms with E-state index in [0.29, 0.717) is 6.42 Å². The minimum absolute atomic E-state index is 0.145. The van der Waals surface area contributed by atoms with Crippen molar-refractivity contribution in [3.63, 3.8) is 0 Å². The number of para-hydroxylation sites is 6. The van der Waals surface area contributed by atoms with Crippen LogP contribution in [-0.2, 0) is 11.0 Å². The fourth-order valence-corrected chi connectivity index (χ4v) is 14.0. The summed E-state index contributed by atoms with van der Waals surface area (Å²) in [4.78, 5) is 5.03. The number of ether oxygens (including phenoxy) is 1. The largest absolute Gasteiger partial charge is 0.483 e. The molecule has 0 saturated heterocycles. The monoisotopic (exact) mass is 1010 g/mol. The second-order valence-corrected chi connectivity index (χ2v) is 23.0. The number of benzene rings is 10. The Hall–Kier alpha value is -9.00. The van der Waals surface area contributed by atoms with Crippen molar-refractivity contribution in [2.75, 3.05) is 9.80 Å². The number of fused-ring (bicyclic) bond motifs is 12. The zero-order valence-electron chi connectivity index (χ0n) is 44.5. The van der Waals surface area contributed by atoms with Crippen molar-refractivity contribution in [1.82, 2.24) is 0 Å². The van der Waals surface area contributed by atoms with Gasteiger partial charge in [-0.1, -0.05) is 173 Å². The Labute approximate surface area is 452 Å². The van der Waals surface area contributed by atoms with E-state index >= 15 is 0 Å². The van der Waals surface area contributed by atoms with E-state index in [0.717, 1.165) is 111 Å². The molecule has 3 atom stereocenters. The van der Waals surface area contributed by atoms with E-state index in [4.69, 9.17) is 18.0 Å². The molecule has 16 rings (SSSR count). The summed E-state index contributed by atoms with van der Waals surface area (Å²) in [6, 6.07) is 59.7. The molecule has 13 aromatic rings. The highest BCUT2D eigenvalue weighted by atomic mass is 16.5. The normalized spacial score (nSPS) is 18.7. The van der Waals surface area contributed by atoms with Gasteiger partial charge in [-0.2, -0.15) is 0 Å².